The number of halogens is 1. The summed E-state index contributed by atoms with van der Waals surface area (Å²) in [6, 6.07) is 7.55. The number of amides is 1. The zero-order chi connectivity index (χ0) is 18.8. The molecule has 1 N–H and O–H groups in total. The van der Waals surface area contributed by atoms with Crippen LogP contribution in [0.15, 0.2) is 30.5 Å². The maximum atomic E-state index is 12.5. The van der Waals surface area contributed by atoms with Gasteiger partial charge in [0.05, 0.1) is 28.6 Å². The van der Waals surface area contributed by atoms with Crippen molar-refractivity contribution in [3.8, 4) is 0 Å². The first kappa shape index (κ1) is 18.2. The Morgan fingerprint density at radius 2 is 1.96 bits per heavy atom. The van der Waals surface area contributed by atoms with E-state index in [1.54, 1.807) is 4.68 Å². The third-order valence-electron chi connectivity index (χ3n) is 4.37. The van der Waals surface area contributed by atoms with Crippen LogP contribution in [0.2, 0.25) is 5.02 Å². The second kappa shape index (κ2) is 7.33. The van der Waals surface area contributed by atoms with Gasteiger partial charge in [-0.2, -0.15) is 10.2 Å². The molecule has 6 nitrogen and oxygen atoms in total. The lowest BCUT2D eigenvalue weighted by Crippen LogP contribution is -2.23. The van der Waals surface area contributed by atoms with Crippen molar-refractivity contribution in [2.45, 2.75) is 33.9 Å². The number of aromatic nitrogens is 4. The Labute approximate surface area is 157 Å². The predicted octanol–water partition coefficient (Wildman–Crippen LogP) is 3.17. The number of nitrogens with one attached hydrogen (secondary N) is 1. The molecular weight excluding hydrogens is 350 g/mol. The Kier molecular flexibility index (Phi) is 5.13. The van der Waals surface area contributed by atoms with Gasteiger partial charge in [0, 0.05) is 30.9 Å². The van der Waals surface area contributed by atoms with E-state index >= 15 is 0 Å². The molecule has 0 saturated heterocycles. The zero-order valence-corrected chi connectivity index (χ0v) is 16.1. The van der Waals surface area contributed by atoms with Crippen LogP contribution in [0.25, 0.3) is 0 Å². The number of nitrogens with zero attached hydrogens (tertiary/aromatic N) is 4. The maximum absolute atomic E-state index is 12.5. The highest BCUT2D eigenvalue weighted by Gasteiger charge is 2.12. The maximum Gasteiger partial charge on any atom is 0.251 e. The van der Waals surface area contributed by atoms with Crippen LogP contribution in [0.3, 0.4) is 0 Å². The van der Waals surface area contributed by atoms with Crippen LogP contribution in [-0.2, 0) is 20.1 Å². The van der Waals surface area contributed by atoms with Crippen LogP contribution in [0.1, 0.15) is 38.6 Å². The second-order valence-electron chi connectivity index (χ2n) is 6.44. The van der Waals surface area contributed by atoms with E-state index in [1.807, 2.05) is 63.0 Å². The summed E-state index contributed by atoms with van der Waals surface area (Å²) in [7, 11) is 1.87. The minimum absolute atomic E-state index is 0.110. The number of rotatable bonds is 5. The Bertz CT molecular complexity index is 957. The quantitative estimate of drug-likeness (QED) is 0.749. The molecule has 0 saturated carbocycles. The molecule has 0 aliphatic rings. The highest BCUT2D eigenvalue weighted by molar-refractivity contribution is 6.31. The number of hydrogen-bond donors (Lipinski definition) is 1. The zero-order valence-electron chi connectivity index (χ0n) is 15.4. The van der Waals surface area contributed by atoms with Crippen LogP contribution >= 0.6 is 11.6 Å². The minimum Gasteiger partial charge on any atom is -0.348 e. The lowest BCUT2D eigenvalue weighted by Gasteiger charge is -2.08. The molecule has 1 aromatic carbocycles. The van der Waals surface area contributed by atoms with Crippen molar-refractivity contribution in [2.75, 3.05) is 0 Å². The molecule has 2 heterocycles. The van der Waals surface area contributed by atoms with Gasteiger partial charge >= 0.3 is 0 Å². The number of hydrogen-bond acceptors (Lipinski definition) is 3. The minimum atomic E-state index is -0.110. The Balaban J connectivity index is 1.71. The van der Waals surface area contributed by atoms with Gasteiger partial charge in [0.15, 0.2) is 0 Å². The average molecular weight is 372 g/mol. The molecule has 26 heavy (non-hydrogen) atoms. The number of benzene rings is 1. The van der Waals surface area contributed by atoms with Gasteiger partial charge < -0.3 is 5.32 Å². The topological polar surface area (TPSA) is 64.7 Å². The van der Waals surface area contributed by atoms with Gasteiger partial charge in [-0.3, -0.25) is 14.2 Å². The number of carbonyl (C=O) groups excluding carboxylic acids is 1. The van der Waals surface area contributed by atoms with Gasteiger partial charge in [0.2, 0.25) is 0 Å². The lowest BCUT2D eigenvalue weighted by atomic mass is 10.1. The predicted molar refractivity (Wildman–Crippen MR) is 101 cm³/mol. The average Bonchev–Trinajstić information content (AvgIpc) is 3.06. The van der Waals surface area contributed by atoms with Crippen molar-refractivity contribution in [3.63, 3.8) is 0 Å². The summed E-state index contributed by atoms with van der Waals surface area (Å²) in [4.78, 5) is 12.5. The molecule has 0 atom stereocenters. The van der Waals surface area contributed by atoms with E-state index in [0.717, 1.165) is 28.2 Å². The molecule has 136 valence electrons. The van der Waals surface area contributed by atoms with Crippen molar-refractivity contribution in [1.82, 2.24) is 24.9 Å². The Hall–Kier alpha value is -2.60. The van der Waals surface area contributed by atoms with E-state index in [-0.39, 0.29) is 5.91 Å². The van der Waals surface area contributed by atoms with Gasteiger partial charge in [0.25, 0.3) is 5.91 Å². The summed E-state index contributed by atoms with van der Waals surface area (Å²) >= 11 is 6.21. The monoisotopic (exact) mass is 371 g/mol. The molecule has 3 aromatic rings. The molecule has 0 bridgehead atoms. The van der Waals surface area contributed by atoms with E-state index in [2.05, 4.69) is 15.5 Å². The van der Waals surface area contributed by atoms with Crippen LogP contribution in [0.5, 0.6) is 0 Å². The van der Waals surface area contributed by atoms with E-state index in [0.29, 0.717) is 23.7 Å². The molecule has 3 rings (SSSR count). The molecule has 0 radical (unpaired) electrons. The summed E-state index contributed by atoms with van der Waals surface area (Å²) in [5.74, 6) is -0.110. The first-order valence-electron chi connectivity index (χ1n) is 8.41. The number of carbonyl (C=O) groups is 1. The summed E-state index contributed by atoms with van der Waals surface area (Å²) in [6.45, 7) is 6.78. The number of aryl methyl sites for hydroxylation is 3. The normalized spacial score (nSPS) is 11.0. The smallest absolute Gasteiger partial charge is 0.251 e. The van der Waals surface area contributed by atoms with Crippen molar-refractivity contribution in [3.05, 3.63) is 69.3 Å². The second-order valence-corrected chi connectivity index (χ2v) is 6.82. The van der Waals surface area contributed by atoms with Crippen LogP contribution in [0, 0.1) is 20.8 Å². The first-order valence-corrected chi connectivity index (χ1v) is 8.78. The summed E-state index contributed by atoms with van der Waals surface area (Å²) in [5.41, 5.74) is 5.28. The third-order valence-corrected chi connectivity index (χ3v) is 4.92. The summed E-state index contributed by atoms with van der Waals surface area (Å²) < 4.78 is 3.60. The van der Waals surface area contributed by atoms with Crippen molar-refractivity contribution in [1.29, 1.82) is 0 Å². The van der Waals surface area contributed by atoms with Crippen LogP contribution < -0.4 is 5.32 Å². The van der Waals surface area contributed by atoms with Crippen molar-refractivity contribution in [2.24, 2.45) is 7.05 Å². The van der Waals surface area contributed by atoms with Crippen LogP contribution in [-0.4, -0.2) is 25.5 Å². The molecule has 0 aliphatic carbocycles. The highest BCUT2D eigenvalue weighted by Crippen LogP contribution is 2.20. The summed E-state index contributed by atoms with van der Waals surface area (Å²) in [5, 5.41) is 12.4. The fourth-order valence-electron chi connectivity index (χ4n) is 2.91. The standard InChI is InChI=1S/C19H22ClN5O/c1-12-17(11-24(4)22-12)9-21-19(26)16-7-5-6-15(8-16)10-25-14(3)18(20)13(2)23-25/h5-8,11H,9-10H2,1-4H3,(H,21,26). The van der Waals surface area contributed by atoms with E-state index < -0.39 is 0 Å². The van der Waals surface area contributed by atoms with Gasteiger partial charge in [-0.1, -0.05) is 23.7 Å². The first-order chi connectivity index (χ1) is 12.3. The Morgan fingerprint density at radius 1 is 1.19 bits per heavy atom. The molecular formula is C19H22ClN5O. The molecule has 0 unspecified atom stereocenters. The largest absolute Gasteiger partial charge is 0.348 e. The van der Waals surface area contributed by atoms with Crippen LogP contribution in [0.4, 0.5) is 0 Å². The molecule has 1 amide bonds. The van der Waals surface area contributed by atoms with Gasteiger partial charge in [0.1, 0.15) is 0 Å². The van der Waals surface area contributed by atoms with E-state index in [4.69, 9.17) is 11.6 Å². The molecule has 2 aromatic heterocycles. The summed E-state index contributed by atoms with van der Waals surface area (Å²) in [6.07, 6.45) is 1.92. The fourth-order valence-corrected chi connectivity index (χ4v) is 3.05. The van der Waals surface area contributed by atoms with Gasteiger partial charge in [-0.05, 0) is 38.5 Å². The lowest BCUT2D eigenvalue weighted by molar-refractivity contribution is 0.0950. The Morgan fingerprint density at radius 3 is 2.58 bits per heavy atom. The molecule has 0 aliphatic heterocycles. The fraction of sp³-hybridized carbons (Fsp3) is 0.316. The van der Waals surface area contributed by atoms with Gasteiger partial charge in [-0.25, -0.2) is 0 Å². The van der Waals surface area contributed by atoms with Gasteiger partial charge in [-0.15, -0.1) is 0 Å². The van der Waals surface area contributed by atoms with Crippen molar-refractivity contribution < 1.29 is 4.79 Å². The third kappa shape index (κ3) is 3.80. The SMILES string of the molecule is Cc1nn(C)cc1CNC(=O)c1cccc(Cn2nc(C)c(Cl)c2C)c1. The molecule has 7 heteroatoms. The van der Waals surface area contributed by atoms with E-state index in [1.165, 1.54) is 0 Å². The van der Waals surface area contributed by atoms with E-state index in [9.17, 15) is 4.79 Å². The highest BCUT2D eigenvalue weighted by atomic mass is 35.5. The molecule has 0 fully saturated rings. The van der Waals surface area contributed by atoms with Crippen molar-refractivity contribution >= 4 is 17.5 Å². The molecule has 0 spiro atoms.